The minimum absolute atomic E-state index is 0.204. The summed E-state index contributed by atoms with van der Waals surface area (Å²) < 4.78 is 0. The second-order valence-corrected chi connectivity index (χ2v) is 5.64. The molecule has 2 aliphatic heterocycles. The lowest BCUT2D eigenvalue weighted by Gasteiger charge is -2.36. The number of hydrogen-bond donors (Lipinski definition) is 2. The molecular formula is C13H25N3O. The molecule has 2 rings (SSSR count). The molecule has 2 fully saturated rings. The lowest BCUT2D eigenvalue weighted by molar-refractivity contribution is -0.122. The van der Waals surface area contributed by atoms with Gasteiger partial charge in [0.25, 0.3) is 0 Å². The van der Waals surface area contributed by atoms with Crippen LogP contribution in [0.1, 0.15) is 32.6 Å². The van der Waals surface area contributed by atoms with Crippen molar-refractivity contribution in [3.05, 3.63) is 0 Å². The Morgan fingerprint density at radius 1 is 1.35 bits per heavy atom. The van der Waals surface area contributed by atoms with Crippen LogP contribution < -0.4 is 10.6 Å². The van der Waals surface area contributed by atoms with Crippen LogP contribution in [0.2, 0.25) is 0 Å². The van der Waals surface area contributed by atoms with Gasteiger partial charge in [-0.2, -0.15) is 0 Å². The fourth-order valence-corrected chi connectivity index (χ4v) is 2.91. The van der Waals surface area contributed by atoms with Gasteiger partial charge in [0.15, 0.2) is 0 Å². The summed E-state index contributed by atoms with van der Waals surface area (Å²) in [7, 11) is 2.20. The predicted molar refractivity (Wildman–Crippen MR) is 68.9 cm³/mol. The van der Waals surface area contributed by atoms with Gasteiger partial charge in [-0.1, -0.05) is 0 Å². The molecule has 1 amide bonds. The maximum Gasteiger partial charge on any atom is 0.220 e. The summed E-state index contributed by atoms with van der Waals surface area (Å²) in [5, 5.41) is 6.63. The van der Waals surface area contributed by atoms with Gasteiger partial charge >= 0.3 is 0 Å². The van der Waals surface area contributed by atoms with Gasteiger partial charge in [-0.15, -0.1) is 0 Å². The van der Waals surface area contributed by atoms with Crippen LogP contribution in [0, 0.1) is 5.92 Å². The lowest BCUT2D eigenvalue weighted by Crippen LogP contribution is -2.51. The number of piperidine rings is 2. The number of amides is 1. The first-order valence-corrected chi connectivity index (χ1v) is 6.86. The number of likely N-dealkylation sites (tertiary alicyclic amines) is 1. The number of rotatable bonds is 3. The Bertz CT molecular complexity index is 251. The van der Waals surface area contributed by atoms with Crippen LogP contribution in [0.25, 0.3) is 0 Å². The first-order chi connectivity index (χ1) is 8.15. The van der Waals surface area contributed by atoms with Gasteiger partial charge in [-0.05, 0) is 52.2 Å². The molecule has 2 N–H and O–H groups in total. The zero-order valence-electron chi connectivity index (χ0n) is 11.0. The minimum Gasteiger partial charge on any atom is -0.355 e. The van der Waals surface area contributed by atoms with Crippen LogP contribution in [0.5, 0.6) is 0 Å². The molecule has 2 heterocycles. The van der Waals surface area contributed by atoms with E-state index in [1.54, 1.807) is 0 Å². The van der Waals surface area contributed by atoms with Gasteiger partial charge in [0.2, 0.25) is 5.91 Å². The van der Waals surface area contributed by atoms with Crippen molar-refractivity contribution in [3.63, 3.8) is 0 Å². The van der Waals surface area contributed by atoms with E-state index >= 15 is 0 Å². The quantitative estimate of drug-likeness (QED) is 0.757. The third-order valence-corrected chi connectivity index (χ3v) is 4.23. The summed E-state index contributed by atoms with van der Waals surface area (Å²) in [6.45, 7) is 5.54. The van der Waals surface area contributed by atoms with Crippen LogP contribution in [0.3, 0.4) is 0 Å². The van der Waals surface area contributed by atoms with E-state index in [0.717, 1.165) is 18.9 Å². The van der Waals surface area contributed by atoms with Crippen LogP contribution in [-0.4, -0.2) is 49.6 Å². The molecule has 0 bridgehead atoms. The number of nitrogens with one attached hydrogen (secondary N) is 2. The Morgan fingerprint density at radius 3 is 2.65 bits per heavy atom. The average molecular weight is 239 g/mol. The molecule has 0 spiro atoms. The van der Waals surface area contributed by atoms with Crippen LogP contribution in [-0.2, 0) is 4.79 Å². The molecule has 2 saturated heterocycles. The molecule has 17 heavy (non-hydrogen) atoms. The number of carbonyl (C=O) groups excluding carboxylic acids is 1. The average Bonchev–Trinajstić information content (AvgIpc) is 2.33. The van der Waals surface area contributed by atoms with E-state index in [0.29, 0.717) is 18.5 Å². The fraction of sp³-hybridized carbons (Fsp3) is 0.923. The van der Waals surface area contributed by atoms with Crippen molar-refractivity contribution in [2.75, 3.05) is 26.7 Å². The van der Waals surface area contributed by atoms with Crippen molar-refractivity contribution in [2.45, 2.75) is 44.7 Å². The first-order valence-electron chi connectivity index (χ1n) is 6.86. The van der Waals surface area contributed by atoms with E-state index in [-0.39, 0.29) is 5.91 Å². The first kappa shape index (κ1) is 12.8. The zero-order valence-corrected chi connectivity index (χ0v) is 11.0. The maximum atomic E-state index is 11.1. The van der Waals surface area contributed by atoms with Crippen LogP contribution in [0.15, 0.2) is 0 Å². The monoisotopic (exact) mass is 239 g/mol. The van der Waals surface area contributed by atoms with Crippen molar-refractivity contribution in [2.24, 2.45) is 5.92 Å². The van der Waals surface area contributed by atoms with Crippen molar-refractivity contribution >= 4 is 5.91 Å². The molecular weight excluding hydrogens is 214 g/mol. The molecule has 2 aliphatic rings. The molecule has 0 radical (unpaired) electrons. The second-order valence-electron chi connectivity index (χ2n) is 5.64. The van der Waals surface area contributed by atoms with E-state index in [1.165, 1.54) is 25.9 Å². The molecule has 0 aromatic carbocycles. The standard InChI is InChI=1S/C13H25N3O/c1-10(11-5-7-16(2)8-6-11)15-12-3-4-13(17)14-9-12/h10-12,15H,3-9H2,1-2H3,(H,14,17). The minimum atomic E-state index is 0.204. The van der Waals surface area contributed by atoms with Gasteiger partial charge < -0.3 is 15.5 Å². The molecule has 0 saturated carbocycles. The molecule has 0 aromatic heterocycles. The van der Waals surface area contributed by atoms with Crippen molar-refractivity contribution in [3.8, 4) is 0 Å². The van der Waals surface area contributed by atoms with Gasteiger partial charge in [0.1, 0.15) is 0 Å². The van der Waals surface area contributed by atoms with Crippen molar-refractivity contribution < 1.29 is 4.79 Å². The van der Waals surface area contributed by atoms with E-state index in [1.807, 2.05) is 0 Å². The van der Waals surface area contributed by atoms with Gasteiger partial charge in [0.05, 0.1) is 0 Å². The summed E-state index contributed by atoms with van der Waals surface area (Å²) in [4.78, 5) is 13.5. The zero-order chi connectivity index (χ0) is 12.3. The van der Waals surface area contributed by atoms with Crippen LogP contribution >= 0.6 is 0 Å². The number of carbonyl (C=O) groups is 1. The van der Waals surface area contributed by atoms with Gasteiger partial charge in [-0.25, -0.2) is 0 Å². The Balaban J connectivity index is 1.73. The summed E-state index contributed by atoms with van der Waals surface area (Å²) in [5.41, 5.74) is 0. The number of nitrogens with zero attached hydrogens (tertiary/aromatic N) is 1. The SMILES string of the molecule is CC(NC1CCC(=O)NC1)C1CCN(C)CC1. The van der Waals surface area contributed by atoms with E-state index in [9.17, 15) is 4.79 Å². The Labute approximate surface area is 104 Å². The summed E-state index contributed by atoms with van der Waals surface area (Å²) in [6, 6.07) is 1.05. The fourth-order valence-electron chi connectivity index (χ4n) is 2.91. The summed E-state index contributed by atoms with van der Waals surface area (Å²) >= 11 is 0. The molecule has 98 valence electrons. The predicted octanol–water partition coefficient (Wildman–Crippen LogP) is 0.585. The Hall–Kier alpha value is -0.610. The third-order valence-electron chi connectivity index (χ3n) is 4.23. The lowest BCUT2D eigenvalue weighted by atomic mass is 9.89. The molecule has 0 aliphatic carbocycles. The van der Waals surface area contributed by atoms with Crippen molar-refractivity contribution in [1.29, 1.82) is 0 Å². The van der Waals surface area contributed by atoms with Gasteiger partial charge in [0, 0.05) is 25.0 Å². The Morgan fingerprint density at radius 2 is 2.06 bits per heavy atom. The molecule has 2 unspecified atom stereocenters. The molecule has 0 aromatic rings. The van der Waals surface area contributed by atoms with Crippen molar-refractivity contribution in [1.82, 2.24) is 15.5 Å². The Kier molecular flexibility index (Phi) is 4.40. The largest absolute Gasteiger partial charge is 0.355 e. The highest BCUT2D eigenvalue weighted by Crippen LogP contribution is 2.20. The van der Waals surface area contributed by atoms with Gasteiger partial charge in [-0.3, -0.25) is 4.79 Å². The highest BCUT2D eigenvalue weighted by atomic mass is 16.1. The van der Waals surface area contributed by atoms with Crippen LogP contribution in [0.4, 0.5) is 0 Å². The molecule has 4 heteroatoms. The summed E-state index contributed by atoms with van der Waals surface area (Å²) in [5.74, 6) is 0.999. The second kappa shape index (κ2) is 5.83. The maximum absolute atomic E-state index is 11.1. The summed E-state index contributed by atoms with van der Waals surface area (Å²) in [6.07, 6.45) is 4.26. The third kappa shape index (κ3) is 3.68. The normalized spacial score (nSPS) is 30.0. The molecule has 4 nitrogen and oxygen atoms in total. The number of hydrogen-bond acceptors (Lipinski definition) is 3. The highest BCUT2D eigenvalue weighted by Gasteiger charge is 2.25. The van der Waals surface area contributed by atoms with E-state index in [2.05, 4.69) is 29.5 Å². The smallest absolute Gasteiger partial charge is 0.220 e. The van der Waals surface area contributed by atoms with E-state index < -0.39 is 0 Å². The highest BCUT2D eigenvalue weighted by molar-refractivity contribution is 5.76. The van der Waals surface area contributed by atoms with E-state index in [4.69, 9.17) is 0 Å². The topological polar surface area (TPSA) is 44.4 Å². The molecule has 2 atom stereocenters.